The monoisotopic (exact) mass is 430 g/mol. The largest absolute Gasteiger partial charge is 0.497 e. The van der Waals surface area contributed by atoms with E-state index in [-0.39, 0.29) is 22.8 Å². The zero-order chi connectivity index (χ0) is 21.0. The Labute approximate surface area is 172 Å². The van der Waals surface area contributed by atoms with Crippen LogP contribution in [0.4, 0.5) is 0 Å². The molecule has 0 atom stereocenters. The number of esters is 1. The van der Waals surface area contributed by atoms with E-state index in [1.807, 2.05) is 0 Å². The fourth-order valence-corrected chi connectivity index (χ4v) is 4.90. The third-order valence-electron chi connectivity index (χ3n) is 4.00. The second kappa shape index (κ2) is 8.51. The minimum absolute atomic E-state index is 0.0372. The van der Waals surface area contributed by atoms with Gasteiger partial charge in [-0.1, -0.05) is 17.3 Å². The molecule has 7 nitrogen and oxygen atoms in total. The lowest BCUT2D eigenvalue weighted by atomic mass is 10.2. The van der Waals surface area contributed by atoms with E-state index >= 15 is 0 Å². The van der Waals surface area contributed by atoms with Crippen LogP contribution < -0.4 is 9.54 Å². The normalized spacial score (nSPS) is 12.0. The molecule has 1 heterocycles. The third-order valence-corrected chi connectivity index (χ3v) is 6.44. The van der Waals surface area contributed by atoms with Crippen LogP contribution in [0.3, 0.4) is 0 Å². The van der Waals surface area contributed by atoms with Crippen molar-refractivity contribution in [3.8, 4) is 18.1 Å². The maximum atomic E-state index is 12.8. The standard InChI is InChI=1S/C20H18N2O5S2/c1-4-12-22-17-11-6-14(19(23)27-5-2)13-18(17)28-20(22)21-29(24,25)16-9-7-15(26-3)8-10-16/h1,6-11,13H,5,12H2,2-3H3. The number of hydrogen-bond donors (Lipinski definition) is 0. The van der Waals surface area contributed by atoms with Gasteiger partial charge < -0.3 is 14.0 Å². The van der Waals surface area contributed by atoms with Crippen LogP contribution in [0, 0.1) is 12.3 Å². The van der Waals surface area contributed by atoms with Crippen molar-refractivity contribution in [1.29, 1.82) is 0 Å². The van der Waals surface area contributed by atoms with E-state index in [1.165, 1.54) is 19.2 Å². The highest BCUT2D eigenvalue weighted by molar-refractivity contribution is 7.90. The Morgan fingerprint density at radius 1 is 1.24 bits per heavy atom. The lowest BCUT2D eigenvalue weighted by molar-refractivity contribution is 0.0526. The van der Waals surface area contributed by atoms with Crippen LogP contribution in [0.25, 0.3) is 10.2 Å². The van der Waals surface area contributed by atoms with E-state index in [4.69, 9.17) is 15.9 Å². The summed E-state index contributed by atoms with van der Waals surface area (Å²) < 4.78 is 41.9. The first-order valence-electron chi connectivity index (χ1n) is 8.58. The van der Waals surface area contributed by atoms with Gasteiger partial charge >= 0.3 is 5.97 Å². The van der Waals surface area contributed by atoms with Gasteiger partial charge in [0.25, 0.3) is 10.0 Å². The van der Waals surface area contributed by atoms with Gasteiger partial charge in [0.2, 0.25) is 4.80 Å². The van der Waals surface area contributed by atoms with Crippen molar-refractivity contribution >= 4 is 37.5 Å². The molecule has 0 unspecified atom stereocenters. The van der Waals surface area contributed by atoms with Crippen LogP contribution in [0.15, 0.2) is 51.8 Å². The molecule has 0 aliphatic carbocycles. The van der Waals surface area contributed by atoms with E-state index in [9.17, 15) is 13.2 Å². The summed E-state index contributed by atoms with van der Waals surface area (Å²) in [5, 5.41) is 0. The lowest BCUT2D eigenvalue weighted by Crippen LogP contribution is -2.16. The van der Waals surface area contributed by atoms with Gasteiger partial charge in [-0.15, -0.1) is 10.8 Å². The zero-order valence-corrected chi connectivity index (χ0v) is 17.4. The second-order valence-electron chi connectivity index (χ2n) is 5.82. The number of fused-ring (bicyclic) bond motifs is 1. The van der Waals surface area contributed by atoms with Gasteiger partial charge in [-0.2, -0.15) is 8.42 Å². The van der Waals surface area contributed by atoms with E-state index in [1.54, 1.807) is 41.8 Å². The number of carbonyl (C=O) groups excluding carboxylic acids is 1. The number of aromatic nitrogens is 1. The summed E-state index contributed by atoms with van der Waals surface area (Å²) in [6, 6.07) is 10.9. The molecule has 0 aliphatic heterocycles. The van der Waals surface area contributed by atoms with Crippen molar-refractivity contribution < 1.29 is 22.7 Å². The first-order valence-corrected chi connectivity index (χ1v) is 10.8. The van der Waals surface area contributed by atoms with Gasteiger partial charge in [0.05, 0.1) is 40.9 Å². The van der Waals surface area contributed by atoms with Crippen molar-refractivity contribution in [3.63, 3.8) is 0 Å². The average molecular weight is 431 g/mol. The predicted molar refractivity (Wildman–Crippen MR) is 110 cm³/mol. The van der Waals surface area contributed by atoms with E-state index < -0.39 is 16.0 Å². The highest BCUT2D eigenvalue weighted by Crippen LogP contribution is 2.21. The molecule has 0 bridgehead atoms. The average Bonchev–Trinajstić information content (AvgIpc) is 3.04. The van der Waals surface area contributed by atoms with Crippen molar-refractivity contribution in [2.24, 2.45) is 4.40 Å². The summed E-state index contributed by atoms with van der Waals surface area (Å²) in [5.74, 6) is 2.60. The predicted octanol–water partition coefficient (Wildman–Crippen LogP) is 2.81. The summed E-state index contributed by atoms with van der Waals surface area (Å²) >= 11 is 1.13. The number of sulfonamides is 1. The maximum Gasteiger partial charge on any atom is 0.338 e. The topological polar surface area (TPSA) is 87.0 Å². The number of carbonyl (C=O) groups is 1. The van der Waals surface area contributed by atoms with Crippen LogP contribution >= 0.6 is 11.3 Å². The molecule has 0 saturated carbocycles. The molecule has 3 rings (SSSR count). The van der Waals surface area contributed by atoms with Crippen LogP contribution in [0.5, 0.6) is 5.75 Å². The Morgan fingerprint density at radius 3 is 2.59 bits per heavy atom. The molecule has 3 aromatic rings. The molecule has 0 aliphatic rings. The minimum atomic E-state index is -3.96. The Balaban J connectivity index is 2.14. The number of nitrogens with zero attached hydrogens (tertiary/aromatic N) is 2. The number of terminal acetylenes is 1. The summed E-state index contributed by atoms with van der Waals surface area (Å²) in [4.78, 5) is 12.2. The molecule has 150 valence electrons. The van der Waals surface area contributed by atoms with Crippen molar-refractivity contribution in [2.45, 2.75) is 18.4 Å². The Hall–Kier alpha value is -3.09. The minimum Gasteiger partial charge on any atom is -0.497 e. The SMILES string of the molecule is C#CCn1c(=NS(=O)(=O)c2ccc(OC)cc2)sc2cc(C(=O)OCC)ccc21. The number of methoxy groups -OCH3 is 1. The summed E-state index contributed by atoms with van der Waals surface area (Å²) in [6.07, 6.45) is 5.46. The second-order valence-corrected chi connectivity index (χ2v) is 8.43. The fraction of sp³-hybridized carbons (Fsp3) is 0.200. The van der Waals surface area contributed by atoms with E-state index in [0.29, 0.717) is 21.5 Å². The maximum absolute atomic E-state index is 12.8. The molecule has 0 fully saturated rings. The lowest BCUT2D eigenvalue weighted by Gasteiger charge is -2.03. The number of ether oxygens (including phenoxy) is 2. The summed E-state index contributed by atoms with van der Waals surface area (Å²) in [6.45, 7) is 2.12. The Kier molecular flexibility index (Phi) is 6.06. The molecule has 0 amide bonds. The smallest absolute Gasteiger partial charge is 0.338 e. The van der Waals surface area contributed by atoms with E-state index in [2.05, 4.69) is 10.3 Å². The Morgan fingerprint density at radius 2 is 1.97 bits per heavy atom. The van der Waals surface area contributed by atoms with E-state index in [0.717, 1.165) is 11.3 Å². The highest BCUT2D eigenvalue weighted by atomic mass is 32.2. The first kappa shape index (κ1) is 20.6. The van der Waals surface area contributed by atoms with Gasteiger partial charge in [0.15, 0.2) is 0 Å². The number of thiazole rings is 1. The van der Waals surface area contributed by atoms with Crippen LogP contribution in [0.1, 0.15) is 17.3 Å². The number of benzene rings is 2. The molecule has 29 heavy (non-hydrogen) atoms. The fourth-order valence-electron chi connectivity index (χ4n) is 2.63. The van der Waals surface area contributed by atoms with Gasteiger partial charge in [0.1, 0.15) is 5.75 Å². The van der Waals surface area contributed by atoms with Crippen LogP contribution in [-0.2, 0) is 21.3 Å². The van der Waals surface area contributed by atoms with Crippen molar-refractivity contribution in [1.82, 2.24) is 4.57 Å². The summed E-state index contributed by atoms with van der Waals surface area (Å²) in [5.41, 5.74) is 1.06. The van der Waals surface area contributed by atoms with Gasteiger partial charge in [-0.3, -0.25) is 0 Å². The van der Waals surface area contributed by atoms with Gasteiger partial charge in [-0.05, 0) is 49.4 Å². The number of hydrogen-bond acceptors (Lipinski definition) is 6. The van der Waals surface area contributed by atoms with Crippen molar-refractivity contribution in [2.75, 3.05) is 13.7 Å². The molecule has 9 heteroatoms. The highest BCUT2D eigenvalue weighted by Gasteiger charge is 2.16. The molecule has 0 saturated heterocycles. The molecular weight excluding hydrogens is 412 g/mol. The third kappa shape index (κ3) is 4.34. The number of rotatable bonds is 6. The molecule has 0 radical (unpaired) electrons. The van der Waals surface area contributed by atoms with Gasteiger partial charge in [0, 0.05) is 0 Å². The summed E-state index contributed by atoms with van der Waals surface area (Å²) in [7, 11) is -2.46. The van der Waals surface area contributed by atoms with Crippen LogP contribution in [-0.4, -0.2) is 32.7 Å². The zero-order valence-electron chi connectivity index (χ0n) is 15.8. The van der Waals surface area contributed by atoms with Gasteiger partial charge in [-0.25, -0.2) is 4.79 Å². The molecular formula is C20H18N2O5S2. The molecule has 0 N–H and O–H groups in total. The molecule has 0 spiro atoms. The van der Waals surface area contributed by atoms with Crippen LogP contribution in [0.2, 0.25) is 0 Å². The molecule has 2 aromatic carbocycles. The Bertz CT molecular complexity index is 1260. The van der Waals surface area contributed by atoms with Crippen molar-refractivity contribution in [3.05, 3.63) is 52.8 Å². The first-order chi connectivity index (χ1) is 13.9. The quantitative estimate of drug-likeness (QED) is 0.443. The molecule has 1 aromatic heterocycles.